The lowest BCUT2D eigenvalue weighted by Crippen LogP contribution is -1.85. The van der Waals surface area contributed by atoms with E-state index in [0.29, 0.717) is 0 Å². The van der Waals surface area contributed by atoms with Crippen LogP contribution in [0.25, 0.3) is 0 Å². The van der Waals surface area contributed by atoms with Crippen LogP contribution in [-0.4, -0.2) is 6.61 Å². The maximum atomic E-state index is 5.30. The number of para-hydroxylation sites is 1. The van der Waals surface area contributed by atoms with E-state index in [1.807, 2.05) is 32.0 Å². The molecule has 0 N–H and O–H groups in total. The molecule has 0 bridgehead atoms. The smallest absolute Gasteiger partial charge is 0.122 e. The van der Waals surface area contributed by atoms with Gasteiger partial charge in [-0.05, 0) is 11.6 Å². The van der Waals surface area contributed by atoms with Crippen LogP contribution in [0.3, 0.4) is 0 Å². The molecule has 1 aliphatic heterocycles. The van der Waals surface area contributed by atoms with Gasteiger partial charge in [0.2, 0.25) is 0 Å². The van der Waals surface area contributed by atoms with Crippen LogP contribution in [0.15, 0.2) is 37.4 Å². The van der Waals surface area contributed by atoms with E-state index in [1.165, 1.54) is 5.56 Å². The second-order valence-electron chi connectivity index (χ2n) is 2.21. The Kier molecular flexibility index (Phi) is 6.70. The lowest BCUT2D eigenvalue weighted by atomic mass is 10.2. The van der Waals surface area contributed by atoms with E-state index in [2.05, 4.69) is 19.2 Å². The van der Waals surface area contributed by atoms with Gasteiger partial charge >= 0.3 is 0 Å². The van der Waals surface area contributed by atoms with Crippen LogP contribution in [0.1, 0.15) is 19.4 Å². The number of hydrogen-bond acceptors (Lipinski definition) is 1. The molecule has 1 heteroatoms. The summed E-state index contributed by atoms with van der Waals surface area (Å²) in [6.45, 7) is 10.9. The van der Waals surface area contributed by atoms with Gasteiger partial charge < -0.3 is 4.74 Å². The summed E-state index contributed by atoms with van der Waals surface area (Å²) in [5.41, 5.74) is 1.34. The van der Waals surface area contributed by atoms with Crippen molar-refractivity contribution in [2.24, 2.45) is 0 Å². The zero-order valence-electron chi connectivity index (χ0n) is 8.55. The van der Waals surface area contributed by atoms with Crippen molar-refractivity contribution in [3.8, 4) is 5.75 Å². The number of fused-ring (bicyclic) bond motifs is 1. The first-order valence-electron chi connectivity index (χ1n) is 4.67. The Balaban J connectivity index is 0.000000322. The van der Waals surface area contributed by atoms with E-state index in [4.69, 9.17) is 4.74 Å². The van der Waals surface area contributed by atoms with Gasteiger partial charge in [0.15, 0.2) is 0 Å². The number of benzene rings is 1. The zero-order chi connectivity index (χ0) is 10.1. The number of rotatable bonds is 0. The standard InChI is InChI=1S/C8H8O.C2H6.C2H4/c1-2-4-8-7(3-1)5-6-9-8;2*1-2/h1-4H,5-6H2;1-2H3;1-2H2. The molecule has 0 radical (unpaired) electrons. The van der Waals surface area contributed by atoms with Crippen molar-refractivity contribution in [2.45, 2.75) is 20.3 Å². The van der Waals surface area contributed by atoms with E-state index in [9.17, 15) is 0 Å². The highest BCUT2D eigenvalue weighted by Gasteiger charge is 2.08. The topological polar surface area (TPSA) is 9.23 Å². The molecule has 0 unspecified atom stereocenters. The van der Waals surface area contributed by atoms with Crippen molar-refractivity contribution in [3.05, 3.63) is 43.0 Å². The van der Waals surface area contributed by atoms with Crippen molar-refractivity contribution in [2.75, 3.05) is 6.61 Å². The SMILES string of the molecule is C=C.CC.c1ccc2c(c1)CCO2. The molecule has 2 rings (SSSR count). The first-order chi connectivity index (χ1) is 6.47. The summed E-state index contributed by atoms with van der Waals surface area (Å²) in [6.07, 6.45) is 1.08. The fourth-order valence-corrected chi connectivity index (χ4v) is 1.12. The largest absolute Gasteiger partial charge is 0.493 e. The minimum atomic E-state index is 0.860. The lowest BCUT2D eigenvalue weighted by molar-refractivity contribution is 0.357. The molecular formula is C12H18O. The summed E-state index contributed by atoms with van der Waals surface area (Å²) in [4.78, 5) is 0. The Morgan fingerprint density at radius 3 is 2.38 bits per heavy atom. The van der Waals surface area contributed by atoms with E-state index >= 15 is 0 Å². The fraction of sp³-hybridized carbons (Fsp3) is 0.333. The van der Waals surface area contributed by atoms with Gasteiger partial charge in [0.05, 0.1) is 6.61 Å². The Morgan fingerprint density at radius 1 is 1.15 bits per heavy atom. The molecule has 1 nitrogen and oxygen atoms in total. The molecule has 0 saturated carbocycles. The minimum absolute atomic E-state index is 0.860. The maximum absolute atomic E-state index is 5.30. The highest BCUT2D eigenvalue weighted by molar-refractivity contribution is 5.35. The molecule has 1 aromatic carbocycles. The predicted molar refractivity (Wildman–Crippen MR) is 58.2 cm³/mol. The van der Waals surface area contributed by atoms with Crippen LogP contribution < -0.4 is 4.74 Å². The molecule has 0 atom stereocenters. The summed E-state index contributed by atoms with van der Waals surface area (Å²) in [5.74, 6) is 1.07. The third-order valence-corrected chi connectivity index (χ3v) is 1.60. The van der Waals surface area contributed by atoms with Gasteiger partial charge in [-0.15, -0.1) is 13.2 Å². The van der Waals surface area contributed by atoms with Crippen molar-refractivity contribution in [1.29, 1.82) is 0 Å². The molecule has 1 aromatic rings. The molecule has 0 saturated heterocycles. The summed E-state index contributed by atoms with van der Waals surface area (Å²) in [6, 6.07) is 8.18. The first kappa shape index (κ1) is 11.8. The van der Waals surface area contributed by atoms with Crippen molar-refractivity contribution in [1.82, 2.24) is 0 Å². The molecule has 13 heavy (non-hydrogen) atoms. The second-order valence-corrected chi connectivity index (χ2v) is 2.21. The van der Waals surface area contributed by atoms with Gasteiger partial charge in [0, 0.05) is 6.42 Å². The molecule has 72 valence electrons. The first-order valence-corrected chi connectivity index (χ1v) is 4.67. The molecule has 1 heterocycles. The van der Waals surface area contributed by atoms with Gasteiger partial charge in [-0.25, -0.2) is 0 Å². The summed E-state index contributed by atoms with van der Waals surface area (Å²) in [7, 11) is 0. The Hall–Kier alpha value is -1.24. The van der Waals surface area contributed by atoms with Gasteiger partial charge in [-0.2, -0.15) is 0 Å². The average Bonchev–Trinajstić information content (AvgIpc) is 2.71. The quantitative estimate of drug-likeness (QED) is 0.553. The van der Waals surface area contributed by atoms with Crippen LogP contribution in [0, 0.1) is 0 Å². The molecular weight excluding hydrogens is 160 g/mol. The summed E-state index contributed by atoms with van der Waals surface area (Å²) in [5, 5.41) is 0. The zero-order valence-corrected chi connectivity index (χ0v) is 8.55. The van der Waals surface area contributed by atoms with Gasteiger partial charge in [0.1, 0.15) is 5.75 Å². The molecule has 0 aromatic heterocycles. The van der Waals surface area contributed by atoms with Crippen LogP contribution in [0.4, 0.5) is 0 Å². The van der Waals surface area contributed by atoms with E-state index in [-0.39, 0.29) is 0 Å². The number of ether oxygens (including phenoxy) is 1. The highest BCUT2D eigenvalue weighted by atomic mass is 16.5. The minimum Gasteiger partial charge on any atom is -0.493 e. The van der Waals surface area contributed by atoms with Gasteiger partial charge in [-0.3, -0.25) is 0 Å². The lowest BCUT2D eigenvalue weighted by Gasteiger charge is -1.93. The molecule has 1 aliphatic rings. The highest BCUT2D eigenvalue weighted by Crippen LogP contribution is 2.23. The van der Waals surface area contributed by atoms with E-state index in [0.717, 1.165) is 18.8 Å². The second kappa shape index (κ2) is 7.41. The van der Waals surface area contributed by atoms with Gasteiger partial charge in [0.25, 0.3) is 0 Å². The summed E-state index contributed by atoms with van der Waals surface area (Å²) < 4.78 is 5.30. The molecule has 0 amide bonds. The maximum Gasteiger partial charge on any atom is 0.122 e. The predicted octanol–water partition coefficient (Wildman–Crippen LogP) is 3.45. The van der Waals surface area contributed by atoms with Crippen molar-refractivity contribution >= 4 is 0 Å². The Bertz CT molecular complexity index is 207. The molecule has 0 aliphatic carbocycles. The van der Waals surface area contributed by atoms with Crippen LogP contribution >= 0.6 is 0 Å². The molecule has 0 fully saturated rings. The Labute approximate surface area is 81.1 Å². The Morgan fingerprint density at radius 2 is 1.77 bits per heavy atom. The average molecular weight is 178 g/mol. The van der Waals surface area contributed by atoms with E-state index in [1.54, 1.807) is 0 Å². The normalized spacial score (nSPS) is 10.9. The third-order valence-electron chi connectivity index (χ3n) is 1.60. The van der Waals surface area contributed by atoms with Crippen LogP contribution in [0.2, 0.25) is 0 Å². The van der Waals surface area contributed by atoms with Crippen LogP contribution in [0.5, 0.6) is 5.75 Å². The summed E-state index contributed by atoms with van der Waals surface area (Å²) >= 11 is 0. The van der Waals surface area contributed by atoms with E-state index < -0.39 is 0 Å². The fourth-order valence-electron chi connectivity index (χ4n) is 1.12. The third kappa shape index (κ3) is 3.32. The van der Waals surface area contributed by atoms with Crippen molar-refractivity contribution in [3.63, 3.8) is 0 Å². The van der Waals surface area contributed by atoms with Crippen LogP contribution in [-0.2, 0) is 6.42 Å². The van der Waals surface area contributed by atoms with Gasteiger partial charge in [-0.1, -0.05) is 32.0 Å². The monoisotopic (exact) mass is 178 g/mol. The molecule has 0 spiro atoms. The van der Waals surface area contributed by atoms with Crippen molar-refractivity contribution < 1.29 is 4.74 Å². The number of hydrogen-bond donors (Lipinski definition) is 0.